The summed E-state index contributed by atoms with van der Waals surface area (Å²) in [6.07, 6.45) is 0.462. The third-order valence-electron chi connectivity index (χ3n) is 2.89. The first kappa shape index (κ1) is 16.3. The van der Waals surface area contributed by atoms with Crippen LogP contribution in [0.3, 0.4) is 0 Å². The molecule has 2 N–H and O–H groups in total. The number of carbonyl (C=O) groups is 1. The highest BCUT2D eigenvalue weighted by molar-refractivity contribution is 7.99. The summed E-state index contributed by atoms with van der Waals surface area (Å²) in [6.45, 7) is 2.74. The third-order valence-corrected chi connectivity index (χ3v) is 4.02. The highest BCUT2D eigenvalue weighted by atomic mass is 35.5. The smallest absolute Gasteiger partial charge is 0.225 e. The Morgan fingerprint density at radius 1 is 1.58 bits per heavy atom. The standard InChI is InChI=1S/C13H17FN2OS.ClH/c1-9-6-10(14)2-3-12(9)16-13(17)7-11-8-18-5-4-15-11;/h2-3,6,11,15H,4-5,7-8H2,1H3,(H,16,17);1H. The van der Waals surface area contributed by atoms with Crippen molar-refractivity contribution >= 4 is 35.8 Å². The highest BCUT2D eigenvalue weighted by Gasteiger charge is 2.17. The van der Waals surface area contributed by atoms with Crippen molar-refractivity contribution in [3.05, 3.63) is 29.6 Å². The maximum atomic E-state index is 12.9. The first-order valence-electron chi connectivity index (χ1n) is 6.02. The van der Waals surface area contributed by atoms with Crippen molar-refractivity contribution < 1.29 is 9.18 Å². The minimum atomic E-state index is -0.282. The van der Waals surface area contributed by atoms with Crippen LogP contribution in [-0.4, -0.2) is 30.0 Å². The molecule has 1 heterocycles. The number of amides is 1. The van der Waals surface area contributed by atoms with E-state index in [1.54, 1.807) is 13.0 Å². The van der Waals surface area contributed by atoms with Gasteiger partial charge in [0.15, 0.2) is 0 Å². The Morgan fingerprint density at radius 2 is 2.37 bits per heavy atom. The van der Waals surface area contributed by atoms with Crippen molar-refractivity contribution in [2.75, 3.05) is 23.4 Å². The normalized spacial score (nSPS) is 18.5. The number of hydrogen-bond acceptors (Lipinski definition) is 3. The van der Waals surface area contributed by atoms with Crippen LogP contribution < -0.4 is 10.6 Å². The van der Waals surface area contributed by atoms with Gasteiger partial charge in [-0.3, -0.25) is 4.79 Å². The molecule has 1 fully saturated rings. The van der Waals surface area contributed by atoms with Gasteiger partial charge in [-0.1, -0.05) is 0 Å². The predicted octanol–water partition coefficient (Wildman–Crippen LogP) is 2.59. The molecular formula is C13H18ClFN2OS. The topological polar surface area (TPSA) is 41.1 Å². The lowest BCUT2D eigenvalue weighted by molar-refractivity contribution is -0.116. The molecule has 1 aromatic rings. The quantitative estimate of drug-likeness (QED) is 0.902. The second-order valence-electron chi connectivity index (χ2n) is 4.44. The van der Waals surface area contributed by atoms with Gasteiger partial charge < -0.3 is 10.6 Å². The van der Waals surface area contributed by atoms with E-state index in [0.717, 1.165) is 23.6 Å². The Labute approximate surface area is 123 Å². The molecule has 1 aliphatic heterocycles. The lowest BCUT2D eigenvalue weighted by atomic mass is 10.1. The van der Waals surface area contributed by atoms with E-state index in [2.05, 4.69) is 10.6 Å². The fourth-order valence-corrected chi connectivity index (χ4v) is 2.89. The van der Waals surface area contributed by atoms with Crippen molar-refractivity contribution in [1.82, 2.24) is 5.32 Å². The summed E-state index contributed by atoms with van der Waals surface area (Å²) in [5, 5.41) is 6.15. The molecule has 106 valence electrons. The van der Waals surface area contributed by atoms with E-state index in [4.69, 9.17) is 0 Å². The van der Waals surface area contributed by atoms with Gasteiger partial charge in [-0.15, -0.1) is 12.4 Å². The second kappa shape index (κ2) is 7.72. The Kier molecular flexibility index (Phi) is 6.62. The van der Waals surface area contributed by atoms with Gasteiger partial charge in [0.2, 0.25) is 5.91 Å². The fraction of sp³-hybridized carbons (Fsp3) is 0.462. The maximum Gasteiger partial charge on any atom is 0.225 e. The van der Waals surface area contributed by atoms with Gasteiger partial charge in [0, 0.05) is 36.2 Å². The SMILES string of the molecule is Cc1cc(F)ccc1NC(=O)CC1CSCCN1.Cl. The molecular weight excluding hydrogens is 287 g/mol. The number of rotatable bonds is 3. The van der Waals surface area contributed by atoms with Crippen LogP contribution in [0.2, 0.25) is 0 Å². The fourth-order valence-electron chi connectivity index (χ4n) is 1.94. The zero-order chi connectivity index (χ0) is 13.0. The van der Waals surface area contributed by atoms with Gasteiger partial charge in [0.1, 0.15) is 5.82 Å². The average molecular weight is 305 g/mol. The van der Waals surface area contributed by atoms with Crippen LogP contribution >= 0.6 is 24.2 Å². The number of carbonyl (C=O) groups excluding carboxylic acids is 1. The molecule has 0 radical (unpaired) electrons. The monoisotopic (exact) mass is 304 g/mol. The van der Waals surface area contributed by atoms with Crippen molar-refractivity contribution in [2.45, 2.75) is 19.4 Å². The summed E-state index contributed by atoms with van der Waals surface area (Å²) in [4.78, 5) is 11.9. The number of benzene rings is 1. The lowest BCUT2D eigenvalue weighted by Gasteiger charge is -2.22. The Hall–Kier alpha value is -0.780. The number of aryl methyl sites for hydroxylation is 1. The number of halogens is 2. The second-order valence-corrected chi connectivity index (χ2v) is 5.59. The van der Waals surface area contributed by atoms with E-state index in [9.17, 15) is 9.18 Å². The van der Waals surface area contributed by atoms with Crippen LogP contribution in [0.15, 0.2) is 18.2 Å². The van der Waals surface area contributed by atoms with Crippen molar-refractivity contribution in [2.24, 2.45) is 0 Å². The van der Waals surface area contributed by atoms with E-state index >= 15 is 0 Å². The van der Waals surface area contributed by atoms with E-state index in [0.29, 0.717) is 12.1 Å². The van der Waals surface area contributed by atoms with Crippen LogP contribution in [0, 0.1) is 12.7 Å². The van der Waals surface area contributed by atoms with E-state index < -0.39 is 0 Å². The zero-order valence-electron chi connectivity index (χ0n) is 10.7. The Bertz CT molecular complexity index is 439. The summed E-state index contributed by atoms with van der Waals surface area (Å²) < 4.78 is 12.9. The molecule has 1 amide bonds. The molecule has 6 heteroatoms. The van der Waals surface area contributed by atoms with Gasteiger partial charge >= 0.3 is 0 Å². The first-order chi connectivity index (χ1) is 8.65. The van der Waals surface area contributed by atoms with Crippen LogP contribution in [0.25, 0.3) is 0 Å². The summed E-state index contributed by atoms with van der Waals surface area (Å²) in [5.41, 5.74) is 1.43. The largest absolute Gasteiger partial charge is 0.326 e. The molecule has 0 spiro atoms. The van der Waals surface area contributed by atoms with Gasteiger partial charge in [0.25, 0.3) is 0 Å². The average Bonchev–Trinajstić information content (AvgIpc) is 2.34. The number of nitrogens with one attached hydrogen (secondary N) is 2. The molecule has 1 atom stereocenters. The lowest BCUT2D eigenvalue weighted by Crippen LogP contribution is -2.39. The number of anilines is 1. The molecule has 0 aliphatic carbocycles. The van der Waals surface area contributed by atoms with Crippen molar-refractivity contribution in [3.8, 4) is 0 Å². The van der Waals surface area contributed by atoms with Crippen molar-refractivity contribution in [3.63, 3.8) is 0 Å². The Balaban J connectivity index is 0.00000180. The molecule has 3 nitrogen and oxygen atoms in total. The van der Waals surface area contributed by atoms with Gasteiger partial charge in [-0.25, -0.2) is 4.39 Å². The summed E-state index contributed by atoms with van der Waals surface area (Å²) in [7, 11) is 0. The van der Waals surface area contributed by atoms with Crippen LogP contribution in [0.4, 0.5) is 10.1 Å². The molecule has 2 rings (SSSR count). The number of hydrogen-bond donors (Lipinski definition) is 2. The minimum Gasteiger partial charge on any atom is -0.326 e. The summed E-state index contributed by atoms with van der Waals surface area (Å²) >= 11 is 1.86. The molecule has 0 saturated carbocycles. The number of thioether (sulfide) groups is 1. The summed E-state index contributed by atoms with van der Waals surface area (Å²) in [6, 6.07) is 4.62. The molecule has 19 heavy (non-hydrogen) atoms. The molecule has 1 aromatic carbocycles. The zero-order valence-corrected chi connectivity index (χ0v) is 12.4. The molecule has 1 unspecified atom stereocenters. The molecule has 0 bridgehead atoms. The van der Waals surface area contributed by atoms with Gasteiger partial charge in [-0.05, 0) is 30.7 Å². The van der Waals surface area contributed by atoms with Gasteiger partial charge in [0.05, 0.1) is 0 Å². The third kappa shape index (κ3) is 5.01. The van der Waals surface area contributed by atoms with Crippen LogP contribution in [-0.2, 0) is 4.79 Å². The Morgan fingerprint density at radius 3 is 3.00 bits per heavy atom. The van der Waals surface area contributed by atoms with Crippen molar-refractivity contribution in [1.29, 1.82) is 0 Å². The van der Waals surface area contributed by atoms with Gasteiger partial charge in [-0.2, -0.15) is 11.8 Å². The highest BCUT2D eigenvalue weighted by Crippen LogP contribution is 2.17. The van der Waals surface area contributed by atoms with E-state index in [1.165, 1.54) is 12.1 Å². The first-order valence-corrected chi connectivity index (χ1v) is 7.18. The van der Waals surface area contributed by atoms with Crippen LogP contribution in [0.1, 0.15) is 12.0 Å². The van der Waals surface area contributed by atoms with E-state index in [1.807, 2.05) is 11.8 Å². The minimum absolute atomic E-state index is 0. The predicted molar refractivity (Wildman–Crippen MR) is 80.7 cm³/mol. The summed E-state index contributed by atoms with van der Waals surface area (Å²) in [5.74, 6) is 1.77. The maximum absolute atomic E-state index is 12.9. The van der Waals surface area contributed by atoms with Crippen LogP contribution in [0.5, 0.6) is 0 Å². The molecule has 0 aromatic heterocycles. The molecule has 1 aliphatic rings. The molecule has 1 saturated heterocycles. The van der Waals surface area contributed by atoms with E-state index in [-0.39, 0.29) is 30.2 Å².